The van der Waals surface area contributed by atoms with Crippen molar-refractivity contribution in [2.75, 3.05) is 11.9 Å². The van der Waals surface area contributed by atoms with Gasteiger partial charge >= 0.3 is 6.09 Å². The number of hydrogen-bond acceptors (Lipinski definition) is 3. The first-order valence-corrected chi connectivity index (χ1v) is 8.83. The smallest absolute Gasteiger partial charge is 0.407 e. The maximum absolute atomic E-state index is 12.4. The van der Waals surface area contributed by atoms with Crippen molar-refractivity contribution in [3.8, 4) is 0 Å². The van der Waals surface area contributed by atoms with Crippen molar-refractivity contribution >= 4 is 33.6 Å². The van der Waals surface area contributed by atoms with E-state index in [4.69, 9.17) is 4.74 Å². The monoisotopic (exact) mass is 404 g/mol. The number of halogens is 1. The molecule has 0 saturated carbocycles. The van der Waals surface area contributed by atoms with E-state index in [0.717, 1.165) is 15.6 Å². The molecule has 0 aliphatic carbocycles. The van der Waals surface area contributed by atoms with Crippen LogP contribution < -0.4 is 10.6 Å². The molecule has 0 aromatic heterocycles. The van der Waals surface area contributed by atoms with Gasteiger partial charge in [0, 0.05) is 10.2 Å². The molecule has 2 amide bonds. The number of carbonyl (C=O) groups is 2. The van der Waals surface area contributed by atoms with Crippen molar-refractivity contribution in [1.82, 2.24) is 5.32 Å². The minimum absolute atomic E-state index is 0.109. The number of alkyl carbamates (subject to hydrolysis) is 1. The number of carbonyl (C=O) groups excluding carboxylic acids is 2. The highest BCUT2D eigenvalue weighted by Gasteiger charge is 2.19. The molecular formula is C19H21BrN2O3. The summed E-state index contributed by atoms with van der Waals surface area (Å²) in [6.07, 6.45) is -0.429. The van der Waals surface area contributed by atoms with Gasteiger partial charge in [0.05, 0.1) is 19.1 Å². The third-order valence-electron chi connectivity index (χ3n) is 3.60. The van der Waals surface area contributed by atoms with Crippen LogP contribution in [0.5, 0.6) is 0 Å². The van der Waals surface area contributed by atoms with Crippen molar-refractivity contribution in [3.05, 3.63) is 64.1 Å². The van der Waals surface area contributed by atoms with Crippen LogP contribution >= 0.6 is 15.9 Å². The lowest BCUT2D eigenvalue weighted by Gasteiger charge is -2.18. The third kappa shape index (κ3) is 5.90. The average Bonchev–Trinajstić information content (AvgIpc) is 2.58. The fraction of sp³-hybridized carbons (Fsp3) is 0.263. The first kappa shape index (κ1) is 19.0. The van der Waals surface area contributed by atoms with Gasteiger partial charge in [-0.1, -0.05) is 46.3 Å². The standard InChI is InChI=1S/C19H21BrN2O3/c1-3-25-19(24)22-17(14-7-5-4-6-8-14)12-18(23)21-15-9-10-16(20)13(2)11-15/h4-11,17H,3,12H2,1-2H3,(H,21,23)(H,22,24)/t17-/m0/s1. The molecule has 132 valence electrons. The summed E-state index contributed by atoms with van der Waals surface area (Å²) in [5, 5.41) is 5.61. The molecule has 0 aliphatic rings. The number of ether oxygens (including phenoxy) is 1. The largest absolute Gasteiger partial charge is 0.450 e. The number of amides is 2. The molecule has 2 aromatic carbocycles. The number of nitrogens with one attached hydrogen (secondary N) is 2. The lowest BCUT2D eigenvalue weighted by Crippen LogP contribution is -2.32. The van der Waals surface area contributed by atoms with Crippen LogP contribution in [0.15, 0.2) is 53.0 Å². The van der Waals surface area contributed by atoms with Gasteiger partial charge in [-0.25, -0.2) is 4.79 Å². The molecule has 1 atom stereocenters. The molecule has 6 heteroatoms. The Morgan fingerprint density at radius 3 is 2.52 bits per heavy atom. The molecule has 0 spiro atoms. The Morgan fingerprint density at radius 2 is 1.88 bits per heavy atom. The van der Waals surface area contributed by atoms with Crippen molar-refractivity contribution in [2.24, 2.45) is 0 Å². The van der Waals surface area contributed by atoms with Crippen LogP contribution in [0, 0.1) is 6.92 Å². The summed E-state index contributed by atoms with van der Waals surface area (Å²) in [7, 11) is 0. The first-order chi connectivity index (χ1) is 12.0. The fourth-order valence-electron chi connectivity index (χ4n) is 2.37. The predicted molar refractivity (Wildman–Crippen MR) is 101 cm³/mol. The Hall–Kier alpha value is -2.34. The maximum atomic E-state index is 12.4. The molecular weight excluding hydrogens is 384 g/mol. The lowest BCUT2D eigenvalue weighted by atomic mass is 10.0. The molecule has 0 aliphatic heterocycles. The predicted octanol–water partition coefficient (Wildman–Crippen LogP) is 4.57. The molecule has 2 N–H and O–H groups in total. The summed E-state index contributed by atoms with van der Waals surface area (Å²) in [6.45, 7) is 3.96. The maximum Gasteiger partial charge on any atom is 0.407 e. The number of anilines is 1. The van der Waals surface area contributed by atoms with E-state index in [1.165, 1.54) is 0 Å². The molecule has 5 nitrogen and oxygen atoms in total. The molecule has 0 heterocycles. The molecule has 2 rings (SSSR count). The van der Waals surface area contributed by atoms with Crippen LogP contribution in [0.2, 0.25) is 0 Å². The molecule has 2 aromatic rings. The second kappa shape index (κ2) is 9.22. The van der Waals surface area contributed by atoms with E-state index in [1.807, 2.05) is 55.5 Å². The van der Waals surface area contributed by atoms with Crippen LogP contribution in [0.4, 0.5) is 10.5 Å². The third-order valence-corrected chi connectivity index (χ3v) is 4.49. The van der Waals surface area contributed by atoms with E-state index in [9.17, 15) is 9.59 Å². The van der Waals surface area contributed by atoms with Gasteiger partial charge in [-0.2, -0.15) is 0 Å². The van der Waals surface area contributed by atoms with Crippen molar-refractivity contribution in [3.63, 3.8) is 0 Å². The Morgan fingerprint density at radius 1 is 1.16 bits per heavy atom. The molecule has 0 saturated heterocycles. The number of benzene rings is 2. The van der Waals surface area contributed by atoms with Gasteiger partial charge in [-0.05, 0) is 43.2 Å². The van der Waals surface area contributed by atoms with E-state index in [1.54, 1.807) is 6.92 Å². The molecule has 0 fully saturated rings. The van der Waals surface area contributed by atoms with Gasteiger partial charge in [0.25, 0.3) is 0 Å². The summed E-state index contributed by atoms with van der Waals surface area (Å²) in [4.78, 5) is 24.2. The lowest BCUT2D eigenvalue weighted by molar-refractivity contribution is -0.116. The van der Waals surface area contributed by atoms with Crippen LogP contribution in [0.3, 0.4) is 0 Å². The van der Waals surface area contributed by atoms with Gasteiger partial charge in [-0.3, -0.25) is 4.79 Å². The molecule has 0 radical (unpaired) electrons. The highest BCUT2D eigenvalue weighted by Crippen LogP contribution is 2.22. The van der Waals surface area contributed by atoms with Gasteiger partial charge in [-0.15, -0.1) is 0 Å². The quantitative estimate of drug-likeness (QED) is 0.740. The van der Waals surface area contributed by atoms with E-state index >= 15 is 0 Å². The SMILES string of the molecule is CCOC(=O)N[C@@H](CC(=O)Nc1ccc(Br)c(C)c1)c1ccccc1. The fourth-order valence-corrected chi connectivity index (χ4v) is 2.62. The van der Waals surface area contributed by atoms with E-state index < -0.39 is 12.1 Å². The zero-order valence-corrected chi connectivity index (χ0v) is 15.8. The Labute approximate surface area is 155 Å². The highest BCUT2D eigenvalue weighted by atomic mass is 79.9. The molecule has 0 unspecified atom stereocenters. The Balaban J connectivity index is 2.08. The zero-order valence-electron chi connectivity index (χ0n) is 14.2. The van der Waals surface area contributed by atoms with Crippen LogP contribution in [-0.2, 0) is 9.53 Å². The van der Waals surface area contributed by atoms with Gasteiger partial charge in [0.2, 0.25) is 5.91 Å². The summed E-state index contributed by atoms with van der Waals surface area (Å²) in [5.74, 6) is -0.188. The topological polar surface area (TPSA) is 67.4 Å². The Kier molecular flexibility index (Phi) is 7.01. The van der Waals surface area contributed by atoms with E-state index in [2.05, 4.69) is 26.6 Å². The zero-order chi connectivity index (χ0) is 18.2. The van der Waals surface area contributed by atoms with Gasteiger partial charge in [0.1, 0.15) is 0 Å². The first-order valence-electron chi connectivity index (χ1n) is 8.04. The Bertz CT molecular complexity index is 735. The number of hydrogen-bond donors (Lipinski definition) is 2. The number of aryl methyl sites for hydroxylation is 1. The van der Waals surface area contributed by atoms with Crippen molar-refractivity contribution in [2.45, 2.75) is 26.3 Å². The average molecular weight is 405 g/mol. The summed E-state index contributed by atoms with van der Waals surface area (Å²) < 4.78 is 5.92. The normalized spacial score (nSPS) is 11.5. The minimum Gasteiger partial charge on any atom is -0.450 e. The van der Waals surface area contributed by atoms with E-state index in [0.29, 0.717) is 5.69 Å². The van der Waals surface area contributed by atoms with Crippen molar-refractivity contribution in [1.29, 1.82) is 0 Å². The summed E-state index contributed by atoms with van der Waals surface area (Å²) in [5.41, 5.74) is 2.59. The van der Waals surface area contributed by atoms with Crippen LogP contribution in [0.25, 0.3) is 0 Å². The minimum atomic E-state index is -0.538. The van der Waals surface area contributed by atoms with Gasteiger partial charge < -0.3 is 15.4 Å². The summed E-state index contributed by atoms with van der Waals surface area (Å²) >= 11 is 3.43. The number of rotatable bonds is 6. The van der Waals surface area contributed by atoms with Gasteiger partial charge in [0.15, 0.2) is 0 Å². The molecule has 25 heavy (non-hydrogen) atoms. The second-order valence-electron chi connectivity index (χ2n) is 5.54. The molecule has 0 bridgehead atoms. The highest BCUT2D eigenvalue weighted by molar-refractivity contribution is 9.10. The van der Waals surface area contributed by atoms with Crippen molar-refractivity contribution < 1.29 is 14.3 Å². The van der Waals surface area contributed by atoms with Crippen LogP contribution in [-0.4, -0.2) is 18.6 Å². The second-order valence-corrected chi connectivity index (χ2v) is 6.40. The van der Waals surface area contributed by atoms with E-state index in [-0.39, 0.29) is 18.9 Å². The summed E-state index contributed by atoms with van der Waals surface area (Å²) in [6, 6.07) is 14.5. The van der Waals surface area contributed by atoms with Crippen LogP contribution in [0.1, 0.15) is 30.5 Å².